The number of ether oxygens (including phenoxy) is 2. The Balaban J connectivity index is 1.60. The smallest absolute Gasteiger partial charge is 0.407 e. The summed E-state index contributed by atoms with van der Waals surface area (Å²) < 4.78 is 38.8. The van der Waals surface area contributed by atoms with Crippen LogP contribution in [-0.2, 0) is 11.3 Å². The molecule has 1 aromatic heterocycles. The average Bonchev–Trinajstić information content (AvgIpc) is 3.34. The molecule has 0 radical (unpaired) electrons. The first kappa shape index (κ1) is 19.6. The third-order valence-corrected chi connectivity index (χ3v) is 5.55. The summed E-state index contributed by atoms with van der Waals surface area (Å²) in [6.07, 6.45) is -0.0820. The van der Waals surface area contributed by atoms with Crippen molar-refractivity contribution in [1.82, 2.24) is 15.5 Å². The van der Waals surface area contributed by atoms with Crippen LogP contribution < -0.4 is 15.0 Å². The molecule has 31 heavy (non-hydrogen) atoms. The zero-order valence-corrected chi connectivity index (χ0v) is 16.8. The van der Waals surface area contributed by atoms with Crippen molar-refractivity contribution >= 4 is 22.7 Å². The number of nitrogens with zero attached hydrogens (tertiary/aromatic N) is 2. The van der Waals surface area contributed by atoms with Gasteiger partial charge in [0.1, 0.15) is 18.1 Å². The van der Waals surface area contributed by atoms with E-state index in [-0.39, 0.29) is 26.1 Å². The standard InChI is InChI=1S/C22H22F2N4O3/c23-22(24)4-6-28(13-22)16-9-14-8-15(10-16)20-18-11-17(2-3-19(18)26-27-20)30-7-1-5-25-21(29)31-12-14/h2-3,8-11H,1,4-7,12-13H2,(H,25,29)(H,26,27). The van der Waals surface area contributed by atoms with Crippen LogP contribution in [0.3, 0.4) is 0 Å². The number of aromatic amines is 1. The number of rotatable bonds is 1. The van der Waals surface area contributed by atoms with Crippen molar-refractivity contribution in [1.29, 1.82) is 0 Å². The number of benzene rings is 2. The van der Waals surface area contributed by atoms with Crippen LogP contribution in [0.1, 0.15) is 18.4 Å². The van der Waals surface area contributed by atoms with Gasteiger partial charge in [0, 0.05) is 36.1 Å². The maximum atomic E-state index is 13.8. The van der Waals surface area contributed by atoms with Gasteiger partial charge in [-0.05, 0) is 48.4 Å². The fourth-order valence-corrected chi connectivity index (χ4v) is 3.99. The van der Waals surface area contributed by atoms with E-state index in [1.54, 1.807) is 11.0 Å². The summed E-state index contributed by atoms with van der Waals surface area (Å²) in [5.74, 6) is -2.02. The Morgan fingerprint density at radius 1 is 1.13 bits per heavy atom. The number of nitrogens with one attached hydrogen (secondary N) is 2. The summed E-state index contributed by atoms with van der Waals surface area (Å²) >= 11 is 0. The van der Waals surface area contributed by atoms with Crippen molar-refractivity contribution in [3.05, 3.63) is 42.0 Å². The topological polar surface area (TPSA) is 79.5 Å². The Morgan fingerprint density at radius 3 is 2.87 bits per heavy atom. The van der Waals surface area contributed by atoms with E-state index >= 15 is 0 Å². The summed E-state index contributed by atoms with van der Waals surface area (Å²) in [6, 6.07) is 11.2. The van der Waals surface area contributed by atoms with Crippen LogP contribution >= 0.6 is 0 Å². The summed E-state index contributed by atoms with van der Waals surface area (Å²) in [5, 5.41) is 11.0. The Labute approximate surface area is 177 Å². The lowest BCUT2D eigenvalue weighted by Crippen LogP contribution is -2.26. The average molecular weight is 428 g/mol. The second kappa shape index (κ2) is 7.72. The highest BCUT2D eigenvalue weighted by Crippen LogP contribution is 2.36. The fourth-order valence-electron chi connectivity index (χ4n) is 3.99. The molecule has 2 aliphatic rings. The third-order valence-electron chi connectivity index (χ3n) is 5.55. The van der Waals surface area contributed by atoms with Crippen LogP contribution in [-0.4, -0.2) is 48.5 Å². The van der Waals surface area contributed by atoms with Crippen LogP contribution in [0.2, 0.25) is 0 Å². The molecule has 2 aliphatic heterocycles. The number of amides is 1. The number of halogens is 2. The lowest BCUT2D eigenvalue weighted by molar-refractivity contribution is 0.0257. The van der Waals surface area contributed by atoms with Crippen LogP contribution in [0, 0.1) is 0 Å². The molecule has 162 valence electrons. The first-order chi connectivity index (χ1) is 15.0. The molecule has 0 spiro atoms. The van der Waals surface area contributed by atoms with Crippen LogP contribution in [0.4, 0.5) is 19.3 Å². The molecule has 9 heteroatoms. The van der Waals surface area contributed by atoms with Gasteiger partial charge in [0.15, 0.2) is 0 Å². The second-order valence-electron chi connectivity index (χ2n) is 7.90. The summed E-state index contributed by atoms with van der Waals surface area (Å²) in [6.45, 7) is 0.820. The van der Waals surface area contributed by atoms with E-state index in [1.165, 1.54) is 0 Å². The summed E-state index contributed by atoms with van der Waals surface area (Å²) in [4.78, 5) is 13.7. The van der Waals surface area contributed by atoms with Gasteiger partial charge in [-0.1, -0.05) is 0 Å². The van der Waals surface area contributed by atoms with Crippen molar-refractivity contribution in [2.75, 3.05) is 31.1 Å². The number of carbonyl (C=O) groups is 1. The highest BCUT2D eigenvalue weighted by Gasteiger charge is 2.38. The number of aromatic nitrogens is 2. The van der Waals surface area contributed by atoms with Crippen molar-refractivity contribution < 1.29 is 23.0 Å². The molecule has 0 atom stereocenters. The van der Waals surface area contributed by atoms with Gasteiger partial charge in [-0.25, -0.2) is 13.6 Å². The third kappa shape index (κ3) is 4.12. The van der Waals surface area contributed by atoms with Crippen LogP contribution in [0.15, 0.2) is 36.4 Å². The zero-order chi connectivity index (χ0) is 21.4. The molecule has 0 unspecified atom stereocenters. The van der Waals surface area contributed by atoms with Gasteiger partial charge in [-0.15, -0.1) is 0 Å². The molecule has 1 saturated heterocycles. The monoisotopic (exact) mass is 428 g/mol. The molecular formula is C22H22F2N4O3. The number of anilines is 1. The molecule has 1 amide bonds. The van der Waals surface area contributed by atoms with Crippen LogP contribution in [0.5, 0.6) is 5.75 Å². The maximum absolute atomic E-state index is 13.8. The predicted octanol–water partition coefficient (Wildman–Crippen LogP) is 4.08. The second-order valence-corrected chi connectivity index (χ2v) is 7.90. The van der Waals surface area contributed by atoms with Gasteiger partial charge >= 0.3 is 6.09 Å². The normalized spacial score (nSPS) is 18.8. The quantitative estimate of drug-likeness (QED) is 0.611. The van der Waals surface area contributed by atoms with Gasteiger partial charge in [0.05, 0.1) is 18.7 Å². The van der Waals surface area contributed by atoms with E-state index in [1.807, 2.05) is 30.3 Å². The molecule has 2 N–H and O–H groups in total. The minimum absolute atomic E-state index is 0.0288. The summed E-state index contributed by atoms with van der Waals surface area (Å²) in [7, 11) is 0. The van der Waals surface area contributed by atoms with Crippen LogP contribution in [0.25, 0.3) is 22.2 Å². The van der Waals surface area contributed by atoms with Gasteiger partial charge in [-0.2, -0.15) is 5.10 Å². The van der Waals surface area contributed by atoms with Crippen molar-refractivity contribution in [3.8, 4) is 17.0 Å². The minimum Gasteiger partial charge on any atom is -0.494 e. The van der Waals surface area contributed by atoms with Crippen molar-refractivity contribution in [2.24, 2.45) is 0 Å². The number of H-pyrrole nitrogens is 1. The van der Waals surface area contributed by atoms with E-state index in [4.69, 9.17) is 9.47 Å². The Morgan fingerprint density at radius 2 is 2.03 bits per heavy atom. The molecular weight excluding hydrogens is 406 g/mol. The molecule has 0 aliphatic carbocycles. The molecule has 4 bridgehead atoms. The zero-order valence-electron chi connectivity index (χ0n) is 16.8. The van der Waals surface area contributed by atoms with E-state index in [9.17, 15) is 13.6 Å². The van der Waals surface area contributed by atoms with Gasteiger partial charge < -0.3 is 19.7 Å². The maximum Gasteiger partial charge on any atom is 0.407 e. The number of cyclic esters (lactones) is 1. The lowest BCUT2D eigenvalue weighted by atomic mass is 10.0. The number of hydrogen-bond acceptors (Lipinski definition) is 5. The molecule has 2 aromatic carbocycles. The van der Waals surface area contributed by atoms with E-state index in [0.717, 1.165) is 16.5 Å². The number of fused-ring (bicyclic) bond motifs is 4. The highest BCUT2D eigenvalue weighted by molar-refractivity contribution is 5.94. The number of alkyl carbamates (subject to hydrolysis) is 1. The van der Waals surface area contributed by atoms with Gasteiger partial charge in [-0.3, -0.25) is 5.10 Å². The lowest BCUT2D eigenvalue weighted by Gasteiger charge is -2.20. The van der Waals surface area contributed by atoms with Gasteiger partial charge in [0.2, 0.25) is 0 Å². The number of alkyl halides is 2. The largest absolute Gasteiger partial charge is 0.494 e. The predicted molar refractivity (Wildman–Crippen MR) is 112 cm³/mol. The van der Waals surface area contributed by atoms with E-state index in [0.29, 0.717) is 42.3 Å². The van der Waals surface area contributed by atoms with Gasteiger partial charge in [0.25, 0.3) is 5.92 Å². The van der Waals surface area contributed by atoms with Crippen molar-refractivity contribution in [2.45, 2.75) is 25.4 Å². The summed E-state index contributed by atoms with van der Waals surface area (Å²) in [5.41, 5.74) is 3.65. The number of carbonyl (C=O) groups excluding carboxylic acids is 1. The Kier molecular flexibility index (Phi) is 4.88. The molecule has 3 heterocycles. The van der Waals surface area contributed by atoms with Crippen molar-refractivity contribution in [3.63, 3.8) is 0 Å². The van der Waals surface area contributed by atoms with E-state index < -0.39 is 12.0 Å². The fraction of sp³-hybridized carbons (Fsp3) is 0.364. The SMILES string of the molecule is O=C1NCCCOc2ccc3[nH]nc(c3c2)-c2cc(cc(N3CCC(F)(F)C3)c2)CO1. The Bertz CT molecular complexity index is 1130. The molecule has 5 rings (SSSR count). The molecule has 7 nitrogen and oxygen atoms in total. The Hall–Kier alpha value is -3.36. The first-order valence-electron chi connectivity index (χ1n) is 10.3. The molecule has 0 saturated carbocycles. The minimum atomic E-state index is -2.72. The first-order valence-corrected chi connectivity index (χ1v) is 10.3. The number of hydrogen-bond donors (Lipinski definition) is 2. The highest BCUT2D eigenvalue weighted by atomic mass is 19.3. The van der Waals surface area contributed by atoms with E-state index in [2.05, 4.69) is 15.5 Å². The molecule has 1 fully saturated rings. The molecule has 3 aromatic rings.